The second-order valence-electron chi connectivity index (χ2n) is 8.30. The molecule has 2 aromatic carbocycles. The zero-order valence-corrected chi connectivity index (χ0v) is 18.5. The predicted molar refractivity (Wildman–Crippen MR) is 126 cm³/mol. The Labute approximate surface area is 177 Å². The Morgan fingerprint density at radius 3 is 2.34 bits per heavy atom. The second kappa shape index (κ2) is 8.23. The van der Waals surface area contributed by atoms with Crippen molar-refractivity contribution in [1.29, 1.82) is 0 Å². The lowest BCUT2D eigenvalue weighted by Gasteiger charge is -2.21. The van der Waals surface area contributed by atoms with E-state index in [1.165, 1.54) is 41.1 Å². The van der Waals surface area contributed by atoms with Crippen LogP contribution in [0.3, 0.4) is 0 Å². The van der Waals surface area contributed by atoms with Gasteiger partial charge >= 0.3 is 0 Å². The third kappa shape index (κ3) is 3.93. The van der Waals surface area contributed by atoms with Crippen molar-refractivity contribution < 1.29 is 4.79 Å². The largest absolute Gasteiger partial charge is 0.371 e. The molecule has 0 spiro atoms. The number of carbonyl (C=O) groups excluding carboxylic acids is 1. The fourth-order valence-corrected chi connectivity index (χ4v) is 5.28. The van der Waals surface area contributed by atoms with Crippen molar-refractivity contribution in [2.24, 2.45) is 4.99 Å². The fraction of sp³-hybridized carbons (Fsp3) is 0.417. The first-order valence-corrected chi connectivity index (χ1v) is 11.3. The molecule has 0 saturated carbocycles. The molecule has 0 N–H and O–H groups in total. The lowest BCUT2D eigenvalue weighted by Crippen LogP contribution is -2.35. The Morgan fingerprint density at radius 2 is 1.69 bits per heavy atom. The lowest BCUT2D eigenvalue weighted by molar-refractivity contribution is -0.123. The van der Waals surface area contributed by atoms with Crippen molar-refractivity contribution >= 4 is 45.4 Å². The summed E-state index contributed by atoms with van der Waals surface area (Å²) in [6.07, 6.45) is 4.56. The van der Waals surface area contributed by atoms with Crippen LogP contribution in [0, 0.1) is 0 Å². The monoisotopic (exact) mass is 407 g/mol. The van der Waals surface area contributed by atoms with Gasteiger partial charge in [0.1, 0.15) is 0 Å². The summed E-state index contributed by atoms with van der Waals surface area (Å²) < 4.78 is 0. The van der Waals surface area contributed by atoms with Gasteiger partial charge in [-0.3, -0.25) is 14.7 Å². The molecule has 4 nitrogen and oxygen atoms in total. The summed E-state index contributed by atoms with van der Waals surface area (Å²) in [5, 5.41) is 3.27. The van der Waals surface area contributed by atoms with Gasteiger partial charge in [-0.15, -0.1) is 0 Å². The number of amides is 1. The molecule has 0 bridgehead atoms. The number of rotatable bonds is 4. The number of carbonyl (C=O) groups is 1. The highest BCUT2D eigenvalue weighted by Crippen LogP contribution is 2.37. The van der Waals surface area contributed by atoms with Crippen LogP contribution >= 0.6 is 11.8 Å². The molecule has 0 aliphatic carbocycles. The predicted octanol–water partition coefficient (Wildman–Crippen LogP) is 5.53. The maximum Gasteiger partial charge on any atom is 0.266 e. The van der Waals surface area contributed by atoms with Crippen molar-refractivity contribution in [3.05, 3.63) is 46.9 Å². The number of benzene rings is 2. The highest BCUT2D eigenvalue weighted by molar-refractivity contribution is 8.18. The highest BCUT2D eigenvalue weighted by Gasteiger charge is 2.35. The van der Waals surface area contributed by atoms with E-state index < -0.39 is 0 Å². The standard InChI is InChI=1S/C24H29N3OS/c1-16(2)25-24-27(17(3)4)23(28)22(29-24)15-18-11-12-21(26-13-7-8-14-26)20-10-6-5-9-19(18)20/h5-6,9-12,15-17H,7-8,13-14H2,1-4H3/b22-15+,25-24?. The van der Waals surface area contributed by atoms with Gasteiger partial charge in [-0.2, -0.15) is 0 Å². The Bertz CT molecular complexity index is 987. The highest BCUT2D eigenvalue weighted by atomic mass is 32.2. The molecule has 2 saturated heterocycles. The number of amidine groups is 1. The zero-order chi connectivity index (χ0) is 20.5. The lowest BCUT2D eigenvalue weighted by atomic mass is 10.0. The summed E-state index contributed by atoms with van der Waals surface area (Å²) in [5.41, 5.74) is 2.39. The first kappa shape index (κ1) is 20.0. The van der Waals surface area contributed by atoms with Crippen LogP contribution in [0.25, 0.3) is 16.8 Å². The van der Waals surface area contributed by atoms with E-state index in [4.69, 9.17) is 0 Å². The van der Waals surface area contributed by atoms with E-state index in [0.717, 1.165) is 28.7 Å². The summed E-state index contributed by atoms with van der Waals surface area (Å²) in [7, 11) is 0. The van der Waals surface area contributed by atoms with Crippen LogP contribution < -0.4 is 4.90 Å². The third-order valence-electron chi connectivity index (χ3n) is 5.39. The van der Waals surface area contributed by atoms with E-state index in [0.29, 0.717) is 0 Å². The van der Waals surface area contributed by atoms with Crippen LogP contribution in [0.2, 0.25) is 0 Å². The van der Waals surface area contributed by atoms with Crippen molar-refractivity contribution in [2.45, 2.75) is 52.6 Å². The van der Waals surface area contributed by atoms with Gasteiger partial charge in [0, 0.05) is 36.2 Å². The minimum atomic E-state index is 0.0529. The Morgan fingerprint density at radius 1 is 1.00 bits per heavy atom. The van der Waals surface area contributed by atoms with Crippen molar-refractivity contribution in [2.75, 3.05) is 18.0 Å². The summed E-state index contributed by atoms with van der Waals surface area (Å²) in [6.45, 7) is 10.4. The van der Waals surface area contributed by atoms with Gasteiger partial charge in [0.05, 0.1) is 4.91 Å². The van der Waals surface area contributed by atoms with E-state index in [1.54, 1.807) is 0 Å². The van der Waals surface area contributed by atoms with E-state index >= 15 is 0 Å². The number of aliphatic imine (C=N–C) groups is 1. The molecular formula is C24H29N3OS. The van der Waals surface area contributed by atoms with E-state index in [1.807, 2.05) is 38.7 Å². The van der Waals surface area contributed by atoms with E-state index in [2.05, 4.69) is 46.3 Å². The van der Waals surface area contributed by atoms with Crippen LogP contribution in [0.1, 0.15) is 46.1 Å². The molecule has 2 aliphatic heterocycles. The number of fused-ring (bicyclic) bond motifs is 1. The van der Waals surface area contributed by atoms with E-state index in [-0.39, 0.29) is 18.0 Å². The number of hydrogen-bond donors (Lipinski definition) is 0. The van der Waals surface area contributed by atoms with Crippen LogP contribution in [-0.4, -0.2) is 41.1 Å². The molecule has 152 valence electrons. The molecular weight excluding hydrogens is 378 g/mol. The minimum absolute atomic E-state index is 0.0529. The number of anilines is 1. The summed E-state index contributed by atoms with van der Waals surface area (Å²) >= 11 is 1.49. The quantitative estimate of drug-likeness (QED) is 0.625. The maximum absolute atomic E-state index is 13.1. The molecule has 0 unspecified atom stereocenters. The average Bonchev–Trinajstić information content (AvgIpc) is 3.30. The third-order valence-corrected chi connectivity index (χ3v) is 6.39. The molecule has 2 aromatic rings. The summed E-state index contributed by atoms with van der Waals surface area (Å²) in [5.74, 6) is 0.0529. The van der Waals surface area contributed by atoms with Crippen molar-refractivity contribution in [3.8, 4) is 0 Å². The normalized spacial score (nSPS) is 20.4. The minimum Gasteiger partial charge on any atom is -0.371 e. The first-order chi connectivity index (χ1) is 14.0. The van der Waals surface area contributed by atoms with Crippen LogP contribution in [0.5, 0.6) is 0 Å². The maximum atomic E-state index is 13.1. The molecule has 2 heterocycles. The topological polar surface area (TPSA) is 35.9 Å². The van der Waals surface area contributed by atoms with Crippen molar-refractivity contribution in [1.82, 2.24) is 4.90 Å². The molecule has 0 radical (unpaired) electrons. The SMILES string of the molecule is CC(C)N=C1S/C(=C/c2ccc(N3CCCC3)c3ccccc23)C(=O)N1C(C)C. The number of nitrogens with zero attached hydrogens (tertiary/aromatic N) is 3. The molecule has 5 heteroatoms. The van der Waals surface area contributed by atoms with E-state index in [9.17, 15) is 4.79 Å². The number of hydrogen-bond acceptors (Lipinski definition) is 4. The Balaban J connectivity index is 1.77. The van der Waals surface area contributed by atoms with Crippen LogP contribution in [0.4, 0.5) is 5.69 Å². The van der Waals surface area contributed by atoms with Crippen molar-refractivity contribution in [3.63, 3.8) is 0 Å². The Hall–Kier alpha value is -2.27. The van der Waals surface area contributed by atoms with Gasteiger partial charge in [-0.1, -0.05) is 30.3 Å². The zero-order valence-electron chi connectivity index (χ0n) is 17.7. The fourth-order valence-electron chi connectivity index (χ4n) is 4.06. The van der Waals surface area contributed by atoms with Gasteiger partial charge in [-0.25, -0.2) is 0 Å². The smallest absolute Gasteiger partial charge is 0.266 e. The molecule has 1 amide bonds. The first-order valence-electron chi connectivity index (χ1n) is 10.5. The molecule has 4 rings (SSSR count). The second-order valence-corrected chi connectivity index (χ2v) is 9.31. The molecule has 0 atom stereocenters. The van der Waals surface area contributed by atoms with Gasteiger partial charge < -0.3 is 4.90 Å². The Kier molecular flexibility index (Phi) is 5.68. The van der Waals surface area contributed by atoms with Gasteiger partial charge in [0.2, 0.25) is 0 Å². The molecule has 0 aromatic heterocycles. The van der Waals surface area contributed by atoms with Gasteiger partial charge in [0.25, 0.3) is 5.91 Å². The average molecular weight is 408 g/mol. The number of thioether (sulfide) groups is 1. The van der Waals surface area contributed by atoms with Crippen LogP contribution in [0.15, 0.2) is 46.3 Å². The summed E-state index contributed by atoms with van der Waals surface area (Å²) in [4.78, 5) is 22.8. The molecule has 29 heavy (non-hydrogen) atoms. The van der Waals surface area contributed by atoms with Crippen LogP contribution in [-0.2, 0) is 4.79 Å². The van der Waals surface area contributed by atoms with Gasteiger partial charge in [0.15, 0.2) is 5.17 Å². The molecule has 2 fully saturated rings. The van der Waals surface area contributed by atoms with Gasteiger partial charge in [-0.05, 0) is 75.4 Å². The molecule has 2 aliphatic rings. The summed E-state index contributed by atoms with van der Waals surface area (Å²) in [6, 6.07) is 13.2.